The van der Waals surface area contributed by atoms with Crippen molar-refractivity contribution in [2.75, 3.05) is 4.72 Å². The molecule has 3 aromatic carbocycles. The molecule has 0 aliphatic rings. The normalized spacial score (nSPS) is 12.2. The quantitative estimate of drug-likeness (QED) is 0.493. The Morgan fingerprint density at radius 2 is 1.77 bits per heavy atom. The fourth-order valence-corrected chi connectivity index (χ4v) is 4.86. The van der Waals surface area contributed by atoms with Gasteiger partial charge in [0, 0.05) is 17.0 Å². The van der Waals surface area contributed by atoms with E-state index in [1.165, 1.54) is 6.20 Å². The van der Waals surface area contributed by atoms with Crippen LogP contribution in [-0.4, -0.2) is 22.1 Å². The monoisotopic (exact) mass is 380 g/mol. The van der Waals surface area contributed by atoms with Gasteiger partial charge in [0.2, 0.25) is 0 Å². The number of hydrogen-bond donors (Lipinski definition) is 2. The maximum Gasteiger partial charge on any atom is 0.264 e. The Morgan fingerprint density at radius 1 is 0.923 bits per heavy atom. The van der Waals surface area contributed by atoms with Gasteiger partial charge in [-0.1, -0.05) is 36.4 Å². The van der Waals surface area contributed by atoms with Gasteiger partial charge in [-0.3, -0.25) is 4.72 Å². The van der Waals surface area contributed by atoms with Gasteiger partial charge in [0.05, 0.1) is 22.9 Å². The van der Waals surface area contributed by atoms with Crippen LogP contribution in [0.25, 0.3) is 32.7 Å². The van der Waals surface area contributed by atoms with Crippen molar-refractivity contribution >= 4 is 60.1 Å². The smallest absolute Gasteiger partial charge is 0.264 e. The molecule has 2 N–H and O–H groups in total. The summed E-state index contributed by atoms with van der Waals surface area (Å²) in [6, 6.07) is 16.7. The molecule has 0 aliphatic carbocycles. The Balaban J connectivity index is 1.62. The van der Waals surface area contributed by atoms with E-state index < -0.39 is 10.0 Å². The SMILES string of the molecule is O=S(=O)(Nc1ccc2nsnc2c1)c1c[nH]c2c1ccc1ccccc12. The number of H-pyrrole nitrogens is 1. The third-order valence-corrected chi connectivity index (χ3v) is 6.32. The van der Waals surface area contributed by atoms with E-state index in [0.717, 1.165) is 33.5 Å². The Kier molecular flexibility index (Phi) is 3.25. The summed E-state index contributed by atoms with van der Waals surface area (Å²) in [6.07, 6.45) is 1.53. The lowest BCUT2D eigenvalue weighted by Crippen LogP contribution is -2.12. The lowest BCUT2D eigenvalue weighted by atomic mass is 10.1. The molecule has 0 bridgehead atoms. The standard InChI is InChI=1S/C18H12N4O2S2/c23-26(24,22-12-6-8-15-16(9-12)21-25-20-15)17-10-19-18-13-4-2-1-3-11(13)5-7-14(17)18/h1-10,19,22H. The first kappa shape index (κ1) is 15.3. The number of rotatable bonds is 3. The second-order valence-corrected chi connectivity index (χ2v) is 8.11. The summed E-state index contributed by atoms with van der Waals surface area (Å²) >= 11 is 1.10. The zero-order valence-corrected chi connectivity index (χ0v) is 14.9. The number of aromatic amines is 1. The molecule has 0 saturated carbocycles. The average molecular weight is 380 g/mol. The van der Waals surface area contributed by atoms with Crippen LogP contribution in [0.5, 0.6) is 0 Å². The van der Waals surface area contributed by atoms with E-state index >= 15 is 0 Å². The van der Waals surface area contributed by atoms with Gasteiger partial charge in [0.1, 0.15) is 15.9 Å². The summed E-state index contributed by atoms with van der Waals surface area (Å²) < 4.78 is 36.7. The van der Waals surface area contributed by atoms with Crippen molar-refractivity contribution in [3.8, 4) is 0 Å². The summed E-state index contributed by atoms with van der Waals surface area (Å²) in [6.45, 7) is 0. The predicted octanol–water partition coefficient (Wildman–Crippen LogP) is 4.13. The zero-order chi connectivity index (χ0) is 17.7. The molecule has 5 rings (SSSR count). The number of sulfonamides is 1. The number of fused-ring (bicyclic) bond motifs is 4. The van der Waals surface area contributed by atoms with Crippen molar-refractivity contribution < 1.29 is 8.42 Å². The van der Waals surface area contributed by atoms with Crippen LogP contribution in [0.4, 0.5) is 5.69 Å². The highest BCUT2D eigenvalue weighted by molar-refractivity contribution is 7.93. The molecule has 0 fully saturated rings. The number of anilines is 1. The van der Waals surface area contributed by atoms with Crippen LogP contribution >= 0.6 is 11.7 Å². The van der Waals surface area contributed by atoms with E-state index in [2.05, 4.69) is 18.5 Å². The molecule has 6 nitrogen and oxygen atoms in total. The van der Waals surface area contributed by atoms with Crippen LogP contribution in [0.15, 0.2) is 65.7 Å². The molecular formula is C18H12N4O2S2. The molecule has 8 heteroatoms. The minimum Gasteiger partial charge on any atom is -0.359 e. The van der Waals surface area contributed by atoms with Crippen LogP contribution < -0.4 is 4.72 Å². The molecule has 2 heterocycles. The van der Waals surface area contributed by atoms with E-state index in [1.54, 1.807) is 18.2 Å². The van der Waals surface area contributed by atoms with Gasteiger partial charge in [0.15, 0.2) is 0 Å². The van der Waals surface area contributed by atoms with Crippen LogP contribution in [0.3, 0.4) is 0 Å². The summed E-state index contributed by atoms with van der Waals surface area (Å²) in [5.41, 5.74) is 2.68. The van der Waals surface area contributed by atoms with Gasteiger partial charge < -0.3 is 4.98 Å². The van der Waals surface area contributed by atoms with Gasteiger partial charge in [-0.2, -0.15) is 8.75 Å². The lowest BCUT2D eigenvalue weighted by Gasteiger charge is -2.07. The number of hydrogen-bond acceptors (Lipinski definition) is 5. The van der Waals surface area contributed by atoms with Crippen molar-refractivity contribution in [2.45, 2.75) is 4.90 Å². The topological polar surface area (TPSA) is 87.7 Å². The highest BCUT2D eigenvalue weighted by Gasteiger charge is 2.20. The fourth-order valence-electron chi connectivity index (χ4n) is 3.13. The van der Waals surface area contributed by atoms with Crippen molar-refractivity contribution in [1.82, 2.24) is 13.7 Å². The van der Waals surface area contributed by atoms with Crippen molar-refractivity contribution in [1.29, 1.82) is 0 Å². The van der Waals surface area contributed by atoms with Gasteiger partial charge in [-0.05, 0) is 23.6 Å². The molecular weight excluding hydrogens is 368 g/mol. The maximum absolute atomic E-state index is 12.9. The second kappa shape index (κ2) is 5.52. The van der Waals surface area contributed by atoms with Crippen molar-refractivity contribution in [3.63, 3.8) is 0 Å². The average Bonchev–Trinajstić information content (AvgIpc) is 3.28. The molecule has 5 aromatic rings. The van der Waals surface area contributed by atoms with Gasteiger partial charge in [-0.15, -0.1) is 0 Å². The summed E-state index contributed by atoms with van der Waals surface area (Å²) in [5, 5.41) is 2.70. The molecule has 2 aromatic heterocycles. The summed E-state index contributed by atoms with van der Waals surface area (Å²) in [7, 11) is -3.74. The van der Waals surface area contributed by atoms with Crippen LogP contribution in [0, 0.1) is 0 Å². The fraction of sp³-hybridized carbons (Fsp3) is 0. The molecule has 0 amide bonds. The zero-order valence-electron chi connectivity index (χ0n) is 13.3. The van der Waals surface area contributed by atoms with Crippen LogP contribution in [-0.2, 0) is 10.0 Å². The Morgan fingerprint density at radius 3 is 2.69 bits per heavy atom. The Hall–Kier alpha value is -2.97. The summed E-state index contributed by atoms with van der Waals surface area (Å²) in [5.74, 6) is 0. The molecule has 0 unspecified atom stereocenters. The predicted molar refractivity (Wildman–Crippen MR) is 104 cm³/mol. The maximum atomic E-state index is 12.9. The largest absolute Gasteiger partial charge is 0.359 e. The van der Waals surface area contributed by atoms with E-state index in [9.17, 15) is 8.42 Å². The third-order valence-electron chi connectivity index (χ3n) is 4.34. The molecule has 0 spiro atoms. The first-order valence-corrected chi connectivity index (χ1v) is 10.1. The third kappa shape index (κ3) is 2.34. The van der Waals surface area contributed by atoms with E-state index in [0.29, 0.717) is 16.6 Å². The first-order valence-electron chi connectivity index (χ1n) is 7.86. The second-order valence-electron chi connectivity index (χ2n) is 5.94. The van der Waals surface area contributed by atoms with E-state index in [-0.39, 0.29) is 4.90 Å². The van der Waals surface area contributed by atoms with Crippen molar-refractivity contribution in [3.05, 3.63) is 60.8 Å². The molecule has 26 heavy (non-hydrogen) atoms. The van der Waals surface area contributed by atoms with E-state index in [1.807, 2.05) is 36.4 Å². The van der Waals surface area contributed by atoms with Crippen molar-refractivity contribution in [2.24, 2.45) is 0 Å². The first-order chi connectivity index (χ1) is 12.6. The molecule has 0 aliphatic heterocycles. The number of nitrogens with zero attached hydrogens (tertiary/aromatic N) is 2. The van der Waals surface area contributed by atoms with Crippen LogP contribution in [0.1, 0.15) is 0 Å². The molecule has 128 valence electrons. The Bertz CT molecular complexity index is 1390. The minimum absolute atomic E-state index is 0.217. The van der Waals surface area contributed by atoms with Gasteiger partial charge in [-0.25, -0.2) is 8.42 Å². The highest BCUT2D eigenvalue weighted by Crippen LogP contribution is 2.30. The van der Waals surface area contributed by atoms with E-state index in [4.69, 9.17) is 0 Å². The number of aromatic nitrogens is 3. The number of benzene rings is 3. The van der Waals surface area contributed by atoms with Crippen LogP contribution in [0.2, 0.25) is 0 Å². The minimum atomic E-state index is -3.74. The van der Waals surface area contributed by atoms with Gasteiger partial charge in [0.25, 0.3) is 10.0 Å². The Labute approximate surface area is 152 Å². The summed E-state index contributed by atoms with van der Waals surface area (Å²) in [4.78, 5) is 3.33. The lowest BCUT2D eigenvalue weighted by molar-refractivity contribution is 0.602. The molecule has 0 atom stereocenters. The molecule has 0 radical (unpaired) electrons. The van der Waals surface area contributed by atoms with Gasteiger partial charge >= 0.3 is 0 Å². The molecule has 0 saturated heterocycles. The number of nitrogens with one attached hydrogen (secondary N) is 2. The highest BCUT2D eigenvalue weighted by atomic mass is 32.2.